The largest absolute Gasteiger partial charge is 0.473 e. The summed E-state index contributed by atoms with van der Waals surface area (Å²) in [6, 6.07) is 6.20. The van der Waals surface area contributed by atoms with Gasteiger partial charge in [-0.25, -0.2) is 14.1 Å². The van der Waals surface area contributed by atoms with Crippen molar-refractivity contribution in [2.24, 2.45) is 0 Å². The lowest BCUT2D eigenvalue weighted by Crippen LogP contribution is -2.38. The number of aromatic nitrogens is 5. The summed E-state index contributed by atoms with van der Waals surface area (Å²) < 4.78 is 20.5. The highest BCUT2D eigenvalue weighted by Crippen LogP contribution is 2.18. The Morgan fingerprint density at radius 2 is 1.92 bits per heavy atom. The smallest absolute Gasteiger partial charge is 0.232 e. The van der Waals surface area contributed by atoms with E-state index >= 15 is 0 Å². The lowest BCUT2D eigenvalue weighted by molar-refractivity contribution is 0.0922. The molecule has 0 spiro atoms. The molecule has 3 aromatic rings. The summed E-state index contributed by atoms with van der Waals surface area (Å²) in [6.45, 7) is 2.59. The molecule has 1 fully saturated rings. The van der Waals surface area contributed by atoms with Crippen LogP contribution < -0.4 is 4.74 Å². The van der Waals surface area contributed by atoms with Crippen LogP contribution in [0, 0.1) is 5.82 Å². The van der Waals surface area contributed by atoms with Crippen molar-refractivity contribution in [3.05, 3.63) is 60.6 Å². The number of hydrogen-bond donors (Lipinski definition) is 0. The Labute approximate surface area is 150 Å². The second-order valence-electron chi connectivity index (χ2n) is 6.27. The Bertz CT molecular complexity index is 830. The Kier molecular flexibility index (Phi) is 4.83. The first-order valence-electron chi connectivity index (χ1n) is 8.58. The molecule has 0 amide bonds. The highest BCUT2D eigenvalue weighted by atomic mass is 19.1. The van der Waals surface area contributed by atoms with E-state index in [1.165, 1.54) is 12.1 Å². The van der Waals surface area contributed by atoms with Crippen LogP contribution in [0.4, 0.5) is 4.39 Å². The summed E-state index contributed by atoms with van der Waals surface area (Å²) in [7, 11) is 0. The maximum absolute atomic E-state index is 13.0. The number of benzene rings is 1. The standard InChI is InChI=1S/C18H19FN6O/c19-14-1-3-16(4-2-14)25-13-15(22-23-25)12-24-9-5-17(6-10-24)26-18-11-20-7-8-21-18/h1-4,7-8,11,13,17H,5-6,9-10,12H2. The second kappa shape index (κ2) is 7.57. The van der Waals surface area contributed by atoms with Gasteiger partial charge in [0.05, 0.1) is 23.8 Å². The fraction of sp³-hybridized carbons (Fsp3) is 0.333. The minimum absolute atomic E-state index is 0.165. The van der Waals surface area contributed by atoms with Gasteiger partial charge in [-0.3, -0.25) is 9.88 Å². The minimum Gasteiger partial charge on any atom is -0.473 e. The predicted octanol–water partition coefficient (Wildman–Crippen LogP) is 2.24. The van der Waals surface area contributed by atoms with Gasteiger partial charge >= 0.3 is 0 Å². The van der Waals surface area contributed by atoms with Gasteiger partial charge in [-0.15, -0.1) is 5.10 Å². The molecule has 1 aliphatic heterocycles. The number of ether oxygens (including phenoxy) is 1. The maximum atomic E-state index is 13.0. The molecular weight excluding hydrogens is 335 g/mol. The molecule has 1 aliphatic rings. The van der Waals surface area contributed by atoms with Gasteiger partial charge in [-0.2, -0.15) is 0 Å². The van der Waals surface area contributed by atoms with Crippen LogP contribution >= 0.6 is 0 Å². The molecule has 0 aliphatic carbocycles. The quantitative estimate of drug-likeness (QED) is 0.700. The molecule has 2 aromatic heterocycles. The van der Waals surface area contributed by atoms with E-state index in [-0.39, 0.29) is 11.9 Å². The first-order chi connectivity index (χ1) is 12.8. The summed E-state index contributed by atoms with van der Waals surface area (Å²) in [6.07, 6.45) is 8.82. The number of piperidine rings is 1. The van der Waals surface area contributed by atoms with Crippen molar-refractivity contribution in [3.63, 3.8) is 0 Å². The third kappa shape index (κ3) is 4.02. The van der Waals surface area contributed by atoms with Crippen molar-refractivity contribution in [2.45, 2.75) is 25.5 Å². The van der Waals surface area contributed by atoms with E-state index in [9.17, 15) is 4.39 Å². The zero-order valence-electron chi connectivity index (χ0n) is 14.2. The van der Waals surface area contributed by atoms with E-state index in [1.54, 1.807) is 35.4 Å². The monoisotopic (exact) mass is 354 g/mol. The van der Waals surface area contributed by atoms with Gasteiger partial charge < -0.3 is 4.74 Å². The molecule has 0 unspecified atom stereocenters. The third-order valence-electron chi connectivity index (χ3n) is 4.38. The van der Waals surface area contributed by atoms with Gasteiger partial charge in [-0.1, -0.05) is 5.21 Å². The number of halogens is 1. The lowest BCUT2D eigenvalue weighted by Gasteiger charge is -2.31. The molecule has 0 N–H and O–H groups in total. The molecule has 1 saturated heterocycles. The molecule has 0 atom stereocenters. The van der Waals surface area contributed by atoms with Crippen LogP contribution in [0.5, 0.6) is 5.88 Å². The molecule has 7 nitrogen and oxygen atoms in total. The third-order valence-corrected chi connectivity index (χ3v) is 4.38. The van der Waals surface area contributed by atoms with Gasteiger partial charge in [0.25, 0.3) is 0 Å². The molecular formula is C18H19FN6O. The highest BCUT2D eigenvalue weighted by Gasteiger charge is 2.21. The molecule has 0 radical (unpaired) electrons. The van der Waals surface area contributed by atoms with Gasteiger partial charge in [0.15, 0.2) is 0 Å². The molecule has 134 valence electrons. The lowest BCUT2D eigenvalue weighted by atomic mass is 10.1. The maximum Gasteiger partial charge on any atom is 0.232 e. The van der Waals surface area contributed by atoms with Gasteiger partial charge in [0.1, 0.15) is 11.9 Å². The zero-order chi connectivity index (χ0) is 17.8. The van der Waals surface area contributed by atoms with Crippen LogP contribution in [-0.2, 0) is 6.54 Å². The van der Waals surface area contributed by atoms with E-state index < -0.39 is 0 Å². The van der Waals surface area contributed by atoms with E-state index in [0.29, 0.717) is 5.88 Å². The van der Waals surface area contributed by atoms with Crippen LogP contribution in [0.2, 0.25) is 0 Å². The van der Waals surface area contributed by atoms with Crippen molar-refractivity contribution in [3.8, 4) is 11.6 Å². The van der Waals surface area contributed by atoms with Crippen LogP contribution in [0.1, 0.15) is 18.5 Å². The Balaban J connectivity index is 1.30. The van der Waals surface area contributed by atoms with Crippen LogP contribution in [0.25, 0.3) is 5.69 Å². The van der Waals surface area contributed by atoms with E-state index in [0.717, 1.165) is 43.9 Å². The Hall–Kier alpha value is -2.87. The van der Waals surface area contributed by atoms with Gasteiger partial charge in [0, 0.05) is 32.0 Å². The molecule has 0 bridgehead atoms. The molecule has 3 heterocycles. The van der Waals surface area contributed by atoms with Crippen LogP contribution in [0.3, 0.4) is 0 Å². The normalized spacial score (nSPS) is 15.9. The fourth-order valence-corrected chi connectivity index (χ4v) is 3.02. The van der Waals surface area contributed by atoms with Crippen molar-refractivity contribution < 1.29 is 9.13 Å². The van der Waals surface area contributed by atoms with Crippen molar-refractivity contribution in [1.82, 2.24) is 29.9 Å². The van der Waals surface area contributed by atoms with E-state index in [1.807, 2.05) is 6.20 Å². The summed E-state index contributed by atoms with van der Waals surface area (Å²) in [4.78, 5) is 10.5. The summed E-state index contributed by atoms with van der Waals surface area (Å²) in [5, 5.41) is 8.35. The average Bonchev–Trinajstić information content (AvgIpc) is 3.13. The van der Waals surface area contributed by atoms with E-state index in [2.05, 4.69) is 25.2 Å². The number of nitrogens with zero attached hydrogens (tertiary/aromatic N) is 6. The van der Waals surface area contributed by atoms with E-state index in [4.69, 9.17) is 4.74 Å². The van der Waals surface area contributed by atoms with Crippen LogP contribution in [-0.4, -0.2) is 49.1 Å². The first-order valence-corrected chi connectivity index (χ1v) is 8.58. The molecule has 26 heavy (non-hydrogen) atoms. The summed E-state index contributed by atoms with van der Waals surface area (Å²) in [5.41, 5.74) is 1.68. The van der Waals surface area contributed by atoms with Gasteiger partial charge in [-0.05, 0) is 37.1 Å². The summed E-state index contributed by atoms with van der Waals surface area (Å²) in [5.74, 6) is 0.314. The highest BCUT2D eigenvalue weighted by molar-refractivity contribution is 5.30. The first kappa shape index (κ1) is 16.6. The average molecular weight is 354 g/mol. The number of likely N-dealkylation sites (tertiary alicyclic amines) is 1. The number of rotatable bonds is 5. The van der Waals surface area contributed by atoms with Crippen molar-refractivity contribution in [2.75, 3.05) is 13.1 Å². The zero-order valence-corrected chi connectivity index (χ0v) is 14.2. The van der Waals surface area contributed by atoms with Crippen molar-refractivity contribution >= 4 is 0 Å². The summed E-state index contributed by atoms with van der Waals surface area (Å²) >= 11 is 0. The second-order valence-corrected chi connectivity index (χ2v) is 6.27. The minimum atomic E-state index is -0.263. The van der Waals surface area contributed by atoms with Crippen LogP contribution in [0.15, 0.2) is 49.1 Å². The van der Waals surface area contributed by atoms with Gasteiger partial charge in [0.2, 0.25) is 5.88 Å². The SMILES string of the molecule is Fc1ccc(-n2cc(CN3CCC(Oc4cnccn4)CC3)nn2)cc1. The molecule has 1 aromatic carbocycles. The number of hydrogen-bond acceptors (Lipinski definition) is 6. The van der Waals surface area contributed by atoms with Crippen molar-refractivity contribution in [1.29, 1.82) is 0 Å². The molecule has 4 rings (SSSR count). The fourth-order valence-electron chi connectivity index (χ4n) is 3.02. The molecule has 8 heteroatoms. The molecule has 0 saturated carbocycles. The Morgan fingerprint density at radius 1 is 1.12 bits per heavy atom. The topological polar surface area (TPSA) is 69.0 Å². The predicted molar refractivity (Wildman–Crippen MR) is 92.3 cm³/mol. The Morgan fingerprint density at radius 3 is 2.65 bits per heavy atom.